The van der Waals surface area contributed by atoms with Gasteiger partial charge in [-0.1, -0.05) is 20.3 Å². The Labute approximate surface area is 131 Å². The third kappa shape index (κ3) is 3.42. The molecular weight excluding hydrogens is 284 g/mol. The molecule has 2 fully saturated rings. The Kier molecular flexibility index (Phi) is 5.08. The number of nitrogens with zero attached hydrogens (tertiary/aromatic N) is 1. The number of carboxylic acids is 1. The molecule has 2 rings (SSSR count). The summed E-state index contributed by atoms with van der Waals surface area (Å²) in [4.78, 5) is 37.0. The van der Waals surface area contributed by atoms with Crippen molar-refractivity contribution in [2.24, 2.45) is 17.3 Å². The molecule has 2 atom stereocenters. The maximum atomic E-state index is 12.2. The zero-order chi connectivity index (χ0) is 16.3. The quantitative estimate of drug-likeness (QED) is 0.773. The first kappa shape index (κ1) is 16.8. The number of fused-ring (bicyclic) bond motifs is 1. The number of carbonyl (C=O) groups excluding carboxylic acids is 2. The minimum absolute atomic E-state index is 0.0388. The van der Waals surface area contributed by atoms with Gasteiger partial charge in [0.05, 0.1) is 5.41 Å². The van der Waals surface area contributed by atoms with Gasteiger partial charge < -0.3 is 15.3 Å². The fourth-order valence-corrected chi connectivity index (χ4v) is 3.74. The number of carbonyl (C=O) groups is 3. The van der Waals surface area contributed by atoms with Crippen LogP contribution in [0, 0.1) is 17.3 Å². The molecule has 0 unspecified atom stereocenters. The molecule has 1 aliphatic carbocycles. The number of hydrogen-bond donors (Lipinski definition) is 2. The number of hydrogen-bond acceptors (Lipinski definition) is 3. The van der Waals surface area contributed by atoms with Crippen LogP contribution in [0.3, 0.4) is 0 Å². The molecule has 2 amide bonds. The molecule has 0 radical (unpaired) electrons. The molecule has 2 N–H and O–H groups in total. The normalized spacial score (nSPS) is 27.0. The van der Waals surface area contributed by atoms with Crippen LogP contribution in [-0.4, -0.2) is 47.4 Å². The molecule has 0 aromatic heterocycles. The highest BCUT2D eigenvalue weighted by Crippen LogP contribution is 2.48. The molecule has 1 aliphatic heterocycles. The highest BCUT2D eigenvalue weighted by molar-refractivity contribution is 5.82. The average molecular weight is 310 g/mol. The first-order chi connectivity index (χ1) is 10.3. The SMILES string of the molecule is CC(C)CC(=O)NCCC(=O)N1C[C@@H]2CCC[C@@]2(C(=O)O)C1. The van der Waals surface area contributed by atoms with Crippen molar-refractivity contribution in [1.29, 1.82) is 0 Å². The monoisotopic (exact) mass is 310 g/mol. The second-order valence-electron chi connectivity index (χ2n) is 7.02. The van der Waals surface area contributed by atoms with Gasteiger partial charge in [-0.3, -0.25) is 14.4 Å². The lowest BCUT2D eigenvalue weighted by atomic mass is 9.81. The van der Waals surface area contributed by atoms with Gasteiger partial charge in [-0.15, -0.1) is 0 Å². The molecule has 0 aromatic rings. The first-order valence-corrected chi connectivity index (χ1v) is 8.13. The van der Waals surface area contributed by atoms with Gasteiger partial charge in [0.15, 0.2) is 0 Å². The fourth-order valence-electron chi connectivity index (χ4n) is 3.74. The van der Waals surface area contributed by atoms with Crippen LogP contribution in [0.5, 0.6) is 0 Å². The Morgan fingerprint density at radius 3 is 2.68 bits per heavy atom. The van der Waals surface area contributed by atoms with Crippen LogP contribution in [0.2, 0.25) is 0 Å². The summed E-state index contributed by atoms with van der Waals surface area (Å²) in [6.07, 6.45) is 3.20. The van der Waals surface area contributed by atoms with E-state index in [1.165, 1.54) is 0 Å². The predicted molar refractivity (Wildman–Crippen MR) is 81.1 cm³/mol. The van der Waals surface area contributed by atoms with Crippen LogP contribution in [0.15, 0.2) is 0 Å². The largest absolute Gasteiger partial charge is 0.481 e. The van der Waals surface area contributed by atoms with Crippen molar-refractivity contribution in [2.45, 2.75) is 46.0 Å². The van der Waals surface area contributed by atoms with Gasteiger partial charge in [-0.25, -0.2) is 0 Å². The van der Waals surface area contributed by atoms with E-state index in [0.717, 1.165) is 12.8 Å². The van der Waals surface area contributed by atoms with E-state index in [0.29, 0.717) is 38.4 Å². The van der Waals surface area contributed by atoms with Gasteiger partial charge in [0.2, 0.25) is 11.8 Å². The Hall–Kier alpha value is -1.59. The highest BCUT2D eigenvalue weighted by atomic mass is 16.4. The van der Waals surface area contributed by atoms with Gasteiger partial charge >= 0.3 is 5.97 Å². The van der Waals surface area contributed by atoms with Gasteiger partial charge in [-0.2, -0.15) is 0 Å². The maximum Gasteiger partial charge on any atom is 0.311 e. The van der Waals surface area contributed by atoms with Crippen molar-refractivity contribution < 1.29 is 19.5 Å². The molecule has 0 spiro atoms. The van der Waals surface area contributed by atoms with Crippen LogP contribution < -0.4 is 5.32 Å². The molecule has 124 valence electrons. The van der Waals surface area contributed by atoms with E-state index >= 15 is 0 Å². The average Bonchev–Trinajstić information content (AvgIpc) is 2.94. The van der Waals surface area contributed by atoms with Crippen molar-refractivity contribution in [3.63, 3.8) is 0 Å². The number of carboxylic acid groups (broad SMARTS) is 1. The molecule has 1 heterocycles. The molecule has 1 saturated carbocycles. The van der Waals surface area contributed by atoms with Crippen molar-refractivity contribution in [2.75, 3.05) is 19.6 Å². The maximum absolute atomic E-state index is 12.2. The van der Waals surface area contributed by atoms with E-state index in [1.54, 1.807) is 4.90 Å². The topological polar surface area (TPSA) is 86.7 Å². The van der Waals surface area contributed by atoms with Crippen molar-refractivity contribution >= 4 is 17.8 Å². The van der Waals surface area contributed by atoms with E-state index in [2.05, 4.69) is 5.32 Å². The minimum Gasteiger partial charge on any atom is -0.481 e. The summed E-state index contributed by atoms with van der Waals surface area (Å²) in [6.45, 7) is 5.14. The van der Waals surface area contributed by atoms with Crippen LogP contribution in [0.25, 0.3) is 0 Å². The summed E-state index contributed by atoms with van der Waals surface area (Å²) in [6, 6.07) is 0. The first-order valence-electron chi connectivity index (χ1n) is 8.13. The zero-order valence-corrected chi connectivity index (χ0v) is 13.4. The third-order valence-electron chi connectivity index (χ3n) is 4.90. The van der Waals surface area contributed by atoms with E-state index < -0.39 is 11.4 Å². The smallest absolute Gasteiger partial charge is 0.311 e. The van der Waals surface area contributed by atoms with Crippen LogP contribution in [0.4, 0.5) is 0 Å². The molecular formula is C16H26N2O4. The lowest BCUT2D eigenvalue weighted by Crippen LogP contribution is -2.38. The minimum atomic E-state index is -0.768. The summed E-state index contributed by atoms with van der Waals surface area (Å²) in [5.41, 5.74) is -0.726. The van der Waals surface area contributed by atoms with Crippen LogP contribution in [-0.2, 0) is 14.4 Å². The summed E-state index contributed by atoms with van der Waals surface area (Å²) >= 11 is 0. The van der Waals surface area contributed by atoms with E-state index in [4.69, 9.17) is 0 Å². The van der Waals surface area contributed by atoms with E-state index in [1.807, 2.05) is 13.8 Å². The molecule has 0 aromatic carbocycles. The molecule has 6 heteroatoms. The third-order valence-corrected chi connectivity index (χ3v) is 4.90. The predicted octanol–water partition coefficient (Wildman–Crippen LogP) is 1.25. The Bertz CT molecular complexity index is 463. The summed E-state index contributed by atoms with van der Waals surface area (Å²) in [7, 11) is 0. The Balaban J connectivity index is 1.80. The fraction of sp³-hybridized carbons (Fsp3) is 0.812. The van der Waals surface area contributed by atoms with Crippen molar-refractivity contribution in [3.05, 3.63) is 0 Å². The Morgan fingerprint density at radius 1 is 1.36 bits per heavy atom. The van der Waals surface area contributed by atoms with E-state index in [-0.39, 0.29) is 24.2 Å². The number of amides is 2. The molecule has 6 nitrogen and oxygen atoms in total. The van der Waals surface area contributed by atoms with E-state index in [9.17, 15) is 19.5 Å². The standard InChI is InChI=1S/C16H26N2O4/c1-11(2)8-13(19)17-7-5-14(20)18-9-12-4-3-6-16(12,10-18)15(21)22/h11-12H,3-10H2,1-2H3,(H,17,19)(H,21,22)/t12-,16+/m0/s1. The lowest BCUT2D eigenvalue weighted by Gasteiger charge is -2.23. The van der Waals surface area contributed by atoms with Crippen molar-refractivity contribution in [1.82, 2.24) is 10.2 Å². The van der Waals surface area contributed by atoms with Gasteiger partial charge in [-0.05, 0) is 24.7 Å². The lowest BCUT2D eigenvalue weighted by molar-refractivity contribution is -0.149. The second kappa shape index (κ2) is 6.67. The number of likely N-dealkylation sites (tertiary alicyclic amines) is 1. The summed E-state index contributed by atoms with van der Waals surface area (Å²) in [5, 5.41) is 12.3. The molecule has 1 saturated heterocycles. The number of nitrogens with one attached hydrogen (secondary N) is 1. The summed E-state index contributed by atoms with van der Waals surface area (Å²) in [5.74, 6) is -0.480. The second-order valence-corrected chi connectivity index (χ2v) is 7.02. The highest BCUT2D eigenvalue weighted by Gasteiger charge is 2.55. The molecule has 2 aliphatic rings. The van der Waals surface area contributed by atoms with Gasteiger partial charge in [0.25, 0.3) is 0 Å². The van der Waals surface area contributed by atoms with Gasteiger partial charge in [0, 0.05) is 32.5 Å². The van der Waals surface area contributed by atoms with Crippen molar-refractivity contribution in [3.8, 4) is 0 Å². The number of aliphatic carboxylic acids is 1. The summed E-state index contributed by atoms with van der Waals surface area (Å²) < 4.78 is 0. The van der Waals surface area contributed by atoms with Crippen LogP contribution in [0.1, 0.15) is 46.0 Å². The Morgan fingerprint density at radius 2 is 2.09 bits per heavy atom. The molecule has 0 bridgehead atoms. The number of rotatable bonds is 6. The van der Waals surface area contributed by atoms with Crippen LogP contribution >= 0.6 is 0 Å². The molecule has 22 heavy (non-hydrogen) atoms. The van der Waals surface area contributed by atoms with Gasteiger partial charge in [0.1, 0.15) is 0 Å². The zero-order valence-electron chi connectivity index (χ0n) is 13.4.